The van der Waals surface area contributed by atoms with Crippen molar-refractivity contribution in [2.24, 2.45) is 5.41 Å². The van der Waals surface area contributed by atoms with E-state index in [0.29, 0.717) is 0 Å². The molecule has 1 aliphatic heterocycles. The molecule has 19 heavy (non-hydrogen) atoms. The number of aromatic carboxylic acids is 1. The molecular weight excluding hydrogens is 253 g/mol. The Labute approximate surface area is 108 Å². The summed E-state index contributed by atoms with van der Waals surface area (Å²) in [6, 6.07) is 3.09. The highest BCUT2D eigenvalue weighted by molar-refractivity contribution is 6.22. The quantitative estimate of drug-likeness (QED) is 0.827. The van der Waals surface area contributed by atoms with Crippen LogP contribution in [-0.2, 0) is 9.59 Å². The van der Waals surface area contributed by atoms with Crippen LogP contribution in [0.3, 0.4) is 0 Å². The van der Waals surface area contributed by atoms with E-state index in [9.17, 15) is 18.8 Å². The number of nitrogens with zero attached hydrogens (tertiary/aromatic N) is 1. The zero-order chi connectivity index (χ0) is 14.4. The molecule has 0 aliphatic carbocycles. The van der Waals surface area contributed by atoms with Crippen LogP contribution in [0.2, 0.25) is 0 Å². The zero-order valence-electron chi connectivity index (χ0n) is 10.4. The smallest absolute Gasteiger partial charge is 0.335 e. The lowest BCUT2D eigenvalue weighted by atomic mass is 9.92. The van der Waals surface area contributed by atoms with Gasteiger partial charge in [0.1, 0.15) is 5.82 Å². The van der Waals surface area contributed by atoms with Crippen LogP contribution in [0.25, 0.3) is 0 Å². The maximum atomic E-state index is 13.9. The number of imide groups is 1. The fraction of sp³-hybridized carbons (Fsp3) is 0.308. The lowest BCUT2D eigenvalue weighted by molar-refractivity contribution is -0.124. The van der Waals surface area contributed by atoms with Crippen molar-refractivity contribution < 1.29 is 23.9 Å². The lowest BCUT2D eigenvalue weighted by Gasteiger charge is -2.18. The Bertz CT molecular complexity index is 594. The lowest BCUT2D eigenvalue weighted by Crippen LogP contribution is -2.33. The van der Waals surface area contributed by atoms with E-state index in [-0.39, 0.29) is 17.7 Å². The molecule has 2 rings (SSSR count). The fourth-order valence-electron chi connectivity index (χ4n) is 2.01. The van der Waals surface area contributed by atoms with Gasteiger partial charge in [-0.2, -0.15) is 0 Å². The first-order valence-electron chi connectivity index (χ1n) is 5.64. The van der Waals surface area contributed by atoms with Gasteiger partial charge >= 0.3 is 5.97 Å². The number of hydrogen-bond acceptors (Lipinski definition) is 3. The molecule has 5 nitrogen and oxygen atoms in total. The van der Waals surface area contributed by atoms with Gasteiger partial charge in [-0.3, -0.25) is 9.59 Å². The summed E-state index contributed by atoms with van der Waals surface area (Å²) in [5.41, 5.74) is -1.31. The van der Waals surface area contributed by atoms with Crippen molar-refractivity contribution >= 4 is 23.5 Å². The van der Waals surface area contributed by atoms with E-state index in [2.05, 4.69) is 0 Å². The molecule has 0 atom stereocenters. The van der Waals surface area contributed by atoms with E-state index in [4.69, 9.17) is 5.11 Å². The van der Waals surface area contributed by atoms with Crippen LogP contribution in [0.15, 0.2) is 18.2 Å². The average Bonchev–Trinajstić information content (AvgIpc) is 2.49. The molecule has 1 N–H and O–H groups in total. The Morgan fingerprint density at radius 2 is 2.00 bits per heavy atom. The number of carbonyl (C=O) groups is 3. The maximum absolute atomic E-state index is 13.9. The molecule has 6 heteroatoms. The largest absolute Gasteiger partial charge is 0.478 e. The van der Waals surface area contributed by atoms with Gasteiger partial charge in [-0.15, -0.1) is 0 Å². The number of rotatable bonds is 2. The van der Waals surface area contributed by atoms with Crippen molar-refractivity contribution in [3.63, 3.8) is 0 Å². The molecule has 0 spiro atoms. The highest BCUT2D eigenvalue weighted by Crippen LogP contribution is 2.36. The summed E-state index contributed by atoms with van der Waals surface area (Å²) in [6.07, 6.45) is 0.00591. The van der Waals surface area contributed by atoms with Crippen LogP contribution in [-0.4, -0.2) is 22.9 Å². The molecule has 2 amide bonds. The summed E-state index contributed by atoms with van der Waals surface area (Å²) in [5, 5.41) is 8.74. The third-order valence-corrected chi connectivity index (χ3v) is 3.06. The Morgan fingerprint density at radius 1 is 1.37 bits per heavy atom. The molecule has 0 saturated carbocycles. The van der Waals surface area contributed by atoms with Gasteiger partial charge in [0.2, 0.25) is 11.8 Å². The maximum Gasteiger partial charge on any atom is 0.335 e. The van der Waals surface area contributed by atoms with Gasteiger partial charge in [0.05, 0.1) is 16.7 Å². The van der Waals surface area contributed by atoms with Crippen LogP contribution in [0.5, 0.6) is 0 Å². The third-order valence-electron chi connectivity index (χ3n) is 3.06. The minimum Gasteiger partial charge on any atom is -0.478 e. The van der Waals surface area contributed by atoms with Crippen LogP contribution in [0.4, 0.5) is 10.1 Å². The molecule has 100 valence electrons. The molecule has 1 aromatic rings. The number of carboxylic acids is 1. The Balaban J connectivity index is 2.46. The summed E-state index contributed by atoms with van der Waals surface area (Å²) in [4.78, 5) is 35.3. The van der Waals surface area contributed by atoms with Crippen LogP contribution in [0.1, 0.15) is 30.6 Å². The highest BCUT2D eigenvalue weighted by atomic mass is 19.1. The zero-order valence-corrected chi connectivity index (χ0v) is 10.4. The molecule has 1 aliphatic rings. The molecule has 1 fully saturated rings. The second-order valence-electron chi connectivity index (χ2n) is 5.07. The normalized spacial score (nSPS) is 17.9. The third kappa shape index (κ3) is 2.09. The number of benzene rings is 1. The minimum atomic E-state index is -1.27. The second-order valence-corrected chi connectivity index (χ2v) is 5.07. The van der Waals surface area contributed by atoms with E-state index in [0.717, 1.165) is 23.1 Å². The van der Waals surface area contributed by atoms with Gasteiger partial charge in [-0.1, -0.05) is 13.8 Å². The standard InChI is InChI=1S/C13H12FNO4/c1-13(2)6-10(16)15(12(13)19)9-4-3-7(11(17)18)5-8(9)14/h3-5H,6H2,1-2H3,(H,17,18). The van der Waals surface area contributed by atoms with Crippen LogP contribution < -0.4 is 4.90 Å². The number of halogens is 1. The molecule has 0 bridgehead atoms. The summed E-state index contributed by atoms with van der Waals surface area (Å²) >= 11 is 0. The number of hydrogen-bond donors (Lipinski definition) is 1. The summed E-state index contributed by atoms with van der Waals surface area (Å²) < 4.78 is 13.9. The minimum absolute atomic E-state index is 0.00591. The molecule has 0 unspecified atom stereocenters. The van der Waals surface area contributed by atoms with E-state index in [1.54, 1.807) is 13.8 Å². The van der Waals surface area contributed by atoms with Gasteiger partial charge in [0.25, 0.3) is 0 Å². The van der Waals surface area contributed by atoms with Gasteiger partial charge in [-0.05, 0) is 18.2 Å². The van der Waals surface area contributed by atoms with E-state index < -0.39 is 29.0 Å². The van der Waals surface area contributed by atoms with E-state index >= 15 is 0 Å². The number of carboxylic acid groups (broad SMARTS) is 1. The number of amides is 2. The Kier molecular flexibility index (Phi) is 2.88. The topological polar surface area (TPSA) is 74.7 Å². The predicted octanol–water partition coefficient (Wildman–Crippen LogP) is 1.81. The molecule has 0 radical (unpaired) electrons. The van der Waals surface area contributed by atoms with E-state index in [1.807, 2.05) is 0 Å². The number of carbonyl (C=O) groups excluding carboxylic acids is 2. The van der Waals surface area contributed by atoms with Crippen molar-refractivity contribution in [2.75, 3.05) is 4.90 Å². The number of anilines is 1. The Hall–Kier alpha value is -2.24. The predicted molar refractivity (Wildman–Crippen MR) is 64.3 cm³/mol. The van der Waals surface area contributed by atoms with Gasteiger partial charge < -0.3 is 5.11 Å². The summed E-state index contributed by atoms with van der Waals surface area (Å²) in [6.45, 7) is 3.22. The molecular formula is C13H12FNO4. The van der Waals surface area contributed by atoms with Crippen molar-refractivity contribution in [3.8, 4) is 0 Å². The average molecular weight is 265 g/mol. The fourth-order valence-corrected chi connectivity index (χ4v) is 2.01. The summed E-state index contributed by atoms with van der Waals surface area (Å²) in [7, 11) is 0. The van der Waals surface area contributed by atoms with Gasteiger partial charge in [-0.25, -0.2) is 14.1 Å². The Morgan fingerprint density at radius 3 is 2.42 bits per heavy atom. The SMILES string of the molecule is CC1(C)CC(=O)N(c2ccc(C(=O)O)cc2F)C1=O. The molecule has 0 aromatic heterocycles. The first-order chi connectivity index (χ1) is 8.74. The first-order valence-corrected chi connectivity index (χ1v) is 5.64. The second kappa shape index (κ2) is 4.15. The van der Waals surface area contributed by atoms with Crippen molar-refractivity contribution in [1.29, 1.82) is 0 Å². The monoisotopic (exact) mass is 265 g/mol. The van der Waals surface area contributed by atoms with Crippen molar-refractivity contribution in [3.05, 3.63) is 29.6 Å². The summed E-state index contributed by atoms with van der Waals surface area (Å²) in [5.74, 6) is -3.15. The molecule has 1 heterocycles. The molecule has 1 saturated heterocycles. The van der Waals surface area contributed by atoms with Crippen molar-refractivity contribution in [2.45, 2.75) is 20.3 Å². The van der Waals surface area contributed by atoms with Crippen LogP contribution in [0, 0.1) is 11.2 Å². The van der Waals surface area contributed by atoms with Gasteiger partial charge in [0.15, 0.2) is 0 Å². The van der Waals surface area contributed by atoms with Crippen molar-refractivity contribution in [1.82, 2.24) is 0 Å². The first kappa shape index (κ1) is 13.2. The van der Waals surface area contributed by atoms with E-state index in [1.165, 1.54) is 0 Å². The molecule has 1 aromatic carbocycles. The highest BCUT2D eigenvalue weighted by Gasteiger charge is 2.46. The van der Waals surface area contributed by atoms with Gasteiger partial charge in [0, 0.05) is 6.42 Å². The van der Waals surface area contributed by atoms with Crippen LogP contribution >= 0.6 is 0 Å².